The maximum Gasteiger partial charge on any atom is 0.152 e. The SMILES string of the molecule is CCC(CO)NCc1c(C)nn(C2CCS(=O)(=O)C2)c1C. The Balaban J connectivity index is 2.14. The van der Waals surface area contributed by atoms with Gasteiger partial charge in [-0.1, -0.05) is 6.92 Å². The summed E-state index contributed by atoms with van der Waals surface area (Å²) in [6.07, 6.45) is 1.51. The summed E-state index contributed by atoms with van der Waals surface area (Å²) >= 11 is 0. The van der Waals surface area contributed by atoms with E-state index in [4.69, 9.17) is 0 Å². The van der Waals surface area contributed by atoms with Gasteiger partial charge in [-0.25, -0.2) is 8.42 Å². The van der Waals surface area contributed by atoms with Gasteiger partial charge in [0, 0.05) is 23.8 Å². The molecule has 1 aromatic rings. The molecule has 1 fully saturated rings. The highest BCUT2D eigenvalue weighted by molar-refractivity contribution is 7.91. The molecule has 2 heterocycles. The van der Waals surface area contributed by atoms with Crippen molar-refractivity contribution in [1.82, 2.24) is 15.1 Å². The predicted molar refractivity (Wildman–Crippen MR) is 82.0 cm³/mol. The molecule has 7 heteroatoms. The van der Waals surface area contributed by atoms with Crippen molar-refractivity contribution >= 4 is 9.84 Å². The summed E-state index contributed by atoms with van der Waals surface area (Å²) in [7, 11) is -2.91. The van der Waals surface area contributed by atoms with Gasteiger partial charge in [-0.3, -0.25) is 4.68 Å². The first-order valence-corrected chi connectivity index (χ1v) is 9.29. The van der Waals surface area contributed by atoms with Crippen molar-refractivity contribution in [3.05, 3.63) is 17.0 Å². The molecule has 0 amide bonds. The second-order valence-corrected chi connectivity index (χ2v) is 8.05. The molecular formula is C14H25N3O3S. The van der Waals surface area contributed by atoms with Gasteiger partial charge in [-0.05, 0) is 26.7 Å². The summed E-state index contributed by atoms with van der Waals surface area (Å²) < 4.78 is 25.1. The lowest BCUT2D eigenvalue weighted by Crippen LogP contribution is -2.31. The van der Waals surface area contributed by atoms with E-state index in [1.165, 1.54) is 0 Å². The first kappa shape index (κ1) is 16.5. The first-order valence-electron chi connectivity index (χ1n) is 7.47. The van der Waals surface area contributed by atoms with Crippen molar-refractivity contribution in [3.63, 3.8) is 0 Å². The number of nitrogens with one attached hydrogen (secondary N) is 1. The smallest absolute Gasteiger partial charge is 0.152 e. The van der Waals surface area contributed by atoms with Crippen LogP contribution in [0.15, 0.2) is 0 Å². The predicted octanol–water partition coefficient (Wildman–Crippen LogP) is 0.720. The molecule has 0 radical (unpaired) electrons. The van der Waals surface area contributed by atoms with Gasteiger partial charge in [-0.15, -0.1) is 0 Å². The van der Waals surface area contributed by atoms with Crippen LogP contribution in [0.5, 0.6) is 0 Å². The fourth-order valence-electron chi connectivity index (χ4n) is 2.86. The zero-order valence-corrected chi connectivity index (χ0v) is 13.8. The Bertz CT molecular complexity index is 591. The van der Waals surface area contributed by atoms with Gasteiger partial charge in [0.15, 0.2) is 9.84 Å². The number of aryl methyl sites for hydroxylation is 1. The maximum atomic E-state index is 11.6. The van der Waals surface area contributed by atoms with Crippen LogP contribution in [0.3, 0.4) is 0 Å². The minimum absolute atomic E-state index is 0.0396. The van der Waals surface area contributed by atoms with Crippen molar-refractivity contribution in [2.75, 3.05) is 18.1 Å². The van der Waals surface area contributed by atoms with Crippen LogP contribution in [-0.2, 0) is 16.4 Å². The topological polar surface area (TPSA) is 84.2 Å². The largest absolute Gasteiger partial charge is 0.395 e. The molecule has 1 saturated heterocycles. The van der Waals surface area contributed by atoms with E-state index in [0.717, 1.165) is 23.4 Å². The molecule has 0 bridgehead atoms. The standard InChI is InChI=1S/C14H25N3O3S/c1-4-12(8-18)15-7-14-10(2)16-17(11(14)3)13-5-6-21(19,20)9-13/h12-13,15,18H,4-9H2,1-3H3. The van der Waals surface area contributed by atoms with Crippen LogP contribution in [0.4, 0.5) is 0 Å². The van der Waals surface area contributed by atoms with E-state index in [2.05, 4.69) is 10.4 Å². The zero-order chi connectivity index (χ0) is 15.6. The van der Waals surface area contributed by atoms with E-state index in [9.17, 15) is 13.5 Å². The molecule has 0 aliphatic carbocycles. The van der Waals surface area contributed by atoms with Crippen LogP contribution in [-0.4, -0.2) is 47.5 Å². The van der Waals surface area contributed by atoms with E-state index >= 15 is 0 Å². The van der Waals surface area contributed by atoms with Gasteiger partial charge < -0.3 is 10.4 Å². The molecule has 0 aromatic carbocycles. The van der Waals surface area contributed by atoms with Gasteiger partial charge in [0.05, 0.1) is 29.8 Å². The zero-order valence-electron chi connectivity index (χ0n) is 13.0. The van der Waals surface area contributed by atoms with E-state index in [0.29, 0.717) is 13.0 Å². The Hall–Kier alpha value is -0.920. The summed E-state index contributed by atoms with van der Waals surface area (Å²) in [6.45, 7) is 6.73. The minimum atomic E-state index is -2.91. The first-order chi connectivity index (χ1) is 9.88. The van der Waals surface area contributed by atoms with Crippen LogP contribution in [0, 0.1) is 13.8 Å². The van der Waals surface area contributed by atoms with Gasteiger partial charge >= 0.3 is 0 Å². The fraction of sp³-hybridized carbons (Fsp3) is 0.786. The third-order valence-electron chi connectivity index (χ3n) is 4.31. The van der Waals surface area contributed by atoms with Gasteiger partial charge in [-0.2, -0.15) is 5.10 Å². The number of nitrogens with zero attached hydrogens (tertiary/aromatic N) is 2. The van der Waals surface area contributed by atoms with E-state index in [1.807, 2.05) is 25.5 Å². The summed E-state index contributed by atoms with van der Waals surface area (Å²) in [5, 5.41) is 17.1. The number of hydrogen-bond donors (Lipinski definition) is 2. The third-order valence-corrected chi connectivity index (χ3v) is 6.06. The molecule has 0 saturated carbocycles. The van der Waals surface area contributed by atoms with Crippen molar-refractivity contribution < 1.29 is 13.5 Å². The van der Waals surface area contributed by atoms with Crippen molar-refractivity contribution in [2.24, 2.45) is 0 Å². The summed E-state index contributed by atoms with van der Waals surface area (Å²) in [5.41, 5.74) is 3.05. The molecule has 21 heavy (non-hydrogen) atoms. The average molecular weight is 315 g/mol. The van der Waals surface area contributed by atoms with Crippen molar-refractivity contribution in [2.45, 2.75) is 52.2 Å². The lowest BCUT2D eigenvalue weighted by Gasteiger charge is -2.15. The molecular weight excluding hydrogens is 290 g/mol. The lowest BCUT2D eigenvalue weighted by molar-refractivity contribution is 0.238. The monoisotopic (exact) mass is 315 g/mol. The third kappa shape index (κ3) is 3.64. The number of rotatable bonds is 6. The Morgan fingerprint density at radius 3 is 2.71 bits per heavy atom. The van der Waals surface area contributed by atoms with Crippen LogP contribution in [0.2, 0.25) is 0 Å². The van der Waals surface area contributed by atoms with E-state index in [1.54, 1.807) is 0 Å². The maximum absolute atomic E-state index is 11.6. The second kappa shape index (κ2) is 6.46. The Morgan fingerprint density at radius 2 is 2.19 bits per heavy atom. The Morgan fingerprint density at radius 1 is 1.48 bits per heavy atom. The second-order valence-electron chi connectivity index (χ2n) is 5.82. The molecule has 2 atom stereocenters. The highest BCUT2D eigenvalue weighted by Gasteiger charge is 2.31. The number of sulfone groups is 1. The summed E-state index contributed by atoms with van der Waals surface area (Å²) in [5.74, 6) is 0.447. The lowest BCUT2D eigenvalue weighted by atomic mass is 10.1. The normalized spacial score (nSPS) is 22.6. The molecule has 0 spiro atoms. The number of aliphatic hydroxyl groups is 1. The molecule has 6 nitrogen and oxygen atoms in total. The quantitative estimate of drug-likeness (QED) is 0.808. The molecule has 2 unspecified atom stereocenters. The molecule has 1 aromatic heterocycles. The minimum Gasteiger partial charge on any atom is -0.395 e. The van der Waals surface area contributed by atoms with Crippen molar-refractivity contribution in [3.8, 4) is 0 Å². The fourth-order valence-corrected chi connectivity index (χ4v) is 4.55. The number of aromatic nitrogens is 2. The summed E-state index contributed by atoms with van der Waals surface area (Å²) in [4.78, 5) is 0. The highest BCUT2D eigenvalue weighted by atomic mass is 32.2. The average Bonchev–Trinajstić information content (AvgIpc) is 2.92. The molecule has 2 N–H and O–H groups in total. The van der Waals surface area contributed by atoms with Crippen molar-refractivity contribution in [1.29, 1.82) is 0 Å². The molecule has 120 valence electrons. The van der Waals surface area contributed by atoms with Crippen LogP contribution < -0.4 is 5.32 Å². The van der Waals surface area contributed by atoms with E-state index < -0.39 is 9.84 Å². The van der Waals surface area contributed by atoms with Gasteiger partial charge in [0.25, 0.3) is 0 Å². The van der Waals surface area contributed by atoms with Gasteiger partial charge in [0.1, 0.15) is 0 Å². The van der Waals surface area contributed by atoms with E-state index in [-0.39, 0.29) is 30.2 Å². The Labute approximate surface area is 126 Å². The molecule has 1 aliphatic heterocycles. The van der Waals surface area contributed by atoms with Crippen LogP contribution in [0.1, 0.15) is 42.8 Å². The van der Waals surface area contributed by atoms with Crippen LogP contribution in [0.25, 0.3) is 0 Å². The Kier molecular flexibility index (Phi) is 5.06. The highest BCUT2D eigenvalue weighted by Crippen LogP contribution is 2.26. The number of hydrogen-bond acceptors (Lipinski definition) is 5. The number of aliphatic hydroxyl groups excluding tert-OH is 1. The van der Waals surface area contributed by atoms with Crippen LogP contribution >= 0.6 is 0 Å². The van der Waals surface area contributed by atoms with Gasteiger partial charge in [0.2, 0.25) is 0 Å². The molecule has 2 rings (SSSR count). The summed E-state index contributed by atoms with van der Waals surface area (Å²) in [6, 6.07) is 0.0428. The molecule has 1 aliphatic rings.